The Hall–Kier alpha value is -4.14. The van der Waals surface area contributed by atoms with Gasteiger partial charge in [-0.15, -0.1) is 0 Å². The van der Waals surface area contributed by atoms with Crippen molar-refractivity contribution in [3.05, 3.63) is 77.6 Å². The molecule has 170 valence electrons. The molecule has 1 aliphatic carbocycles. The molecule has 2 amide bonds. The average Bonchev–Trinajstić information content (AvgIpc) is 3.43. The number of benzene rings is 2. The fourth-order valence-corrected chi connectivity index (χ4v) is 4.03. The van der Waals surface area contributed by atoms with Gasteiger partial charge in [-0.2, -0.15) is 5.10 Å². The lowest BCUT2D eigenvalue weighted by atomic mass is 9.98. The number of carbonyl (C=O) groups excluding carboxylic acids is 2. The van der Waals surface area contributed by atoms with E-state index in [0.717, 1.165) is 27.8 Å². The molecule has 9 nitrogen and oxygen atoms in total. The van der Waals surface area contributed by atoms with Gasteiger partial charge >= 0.3 is 12.1 Å². The van der Waals surface area contributed by atoms with Crippen LogP contribution in [-0.2, 0) is 20.7 Å². The quantitative estimate of drug-likeness (QED) is 0.397. The largest absolute Gasteiger partial charge is 0.481 e. The minimum absolute atomic E-state index is 0.0712. The number of carboxylic acid groups (broad SMARTS) is 1. The van der Waals surface area contributed by atoms with E-state index < -0.39 is 30.4 Å². The van der Waals surface area contributed by atoms with Crippen LogP contribution in [-0.4, -0.2) is 52.5 Å². The Kier molecular flexibility index (Phi) is 6.68. The van der Waals surface area contributed by atoms with Crippen molar-refractivity contribution in [2.75, 3.05) is 13.2 Å². The Morgan fingerprint density at radius 1 is 1.06 bits per heavy atom. The second kappa shape index (κ2) is 9.99. The summed E-state index contributed by atoms with van der Waals surface area (Å²) in [7, 11) is 0. The highest BCUT2D eigenvalue weighted by Crippen LogP contribution is 2.44. The number of nitrogens with one attached hydrogen (secondary N) is 3. The predicted molar refractivity (Wildman–Crippen MR) is 120 cm³/mol. The number of hydrogen-bond donors (Lipinski definition) is 4. The minimum atomic E-state index is -1.25. The van der Waals surface area contributed by atoms with Crippen LogP contribution >= 0.6 is 0 Å². The number of hydrogen-bond acceptors (Lipinski definition) is 5. The van der Waals surface area contributed by atoms with E-state index in [1.165, 1.54) is 0 Å². The van der Waals surface area contributed by atoms with Crippen LogP contribution < -0.4 is 10.6 Å². The first kappa shape index (κ1) is 22.1. The zero-order valence-electron chi connectivity index (χ0n) is 17.8. The van der Waals surface area contributed by atoms with Gasteiger partial charge in [0.05, 0.1) is 12.6 Å². The molecule has 0 saturated carbocycles. The number of rotatable bonds is 9. The van der Waals surface area contributed by atoms with Crippen LogP contribution in [0.15, 0.2) is 60.9 Å². The molecule has 1 unspecified atom stereocenters. The van der Waals surface area contributed by atoms with Crippen LogP contribution in [0.25, 0.3) is 11.1 Å². The fourth-order valence-electron chi connectivity index (χ4n) is 4.03. The van der Waals surface area contributed by atoms with Crippen molar-refractivity contribution in [1.82, 2.24) is 20.8 Å². The van der Waals surface area contributed by atoms with Crippen LogP contribution in [0.4, 0.5) is 4.79 Å². The second-order valence-corrected chi connectivity index (χ2v) is 7.77. The Morgan fingerprint density at radius 2 is 1.73 bits per heavy atom. The van der Waals surface area contributed by atoms with Gasteiger partial charge < -0.3 is 20.5 Å². The zero-order valence-corrected chi connectivity index (χ0v) is 17.8. The van der Waals surface area contributed by atoms with E-state index in [-0.39, 0.29) is 19.1 Å². The number of fused-ring (bicyclic) bond motifs is 3. The number of aliphatic carboxylic acids is 1. The van der Waals surface area contributed by atoms with Crippen LogP contribution in [0.5, 0.6) is 0 Å². The van der Waals surface area contributed by atoms with Gasteiger partial charge in [0.25, 0.3) is 0 Å². The number of aromatic amines is 1. The molecule has 0 radical (unpaired) electrons. The maximum absolute atomic E-state index is 12.5. The SMILES string of the molecule is O=C(O)CC(NC(=O)OCC1c2ccccc2-c2ccccc21)C(=O)NCCc1cn[nH]c1. The lowest BCUT2D eigenvalue weighted by Gasteiger charge is -2.18. The number of alkyl carbamates (subject to hydrolysis) is 1. The van der Waals surface area contributed by atoms with E-state index in [9.17, 15) is 14.4 Å². The van der Waals surface area contributed by atoms with E-state index in [2.05, 4.69) is 20.8 Å². The van der Waals surface area contributed by atoms with Crippen molar-refractivity contribution in [2.24, 2.45) is 0 Å². The normalized spacial score (nSPS) is 13.0. The number of carboxylic acids is 1. The molecule has 0 aliphatic heterocycles. The Morgan fingerprint density at radius 3 is 2.33 bits per heavy atom. The molecule has 3 aromatic rings. The third kappa shape index (κ3) is 5.20. The first-order valence-electron chi connectivity index (χ1n) is 10.6. The van der Waals surface area contributed by atoms with Crippen molar-refractivity contribution < 1.29 is 24.2 Å². The van der Waals surface area contributed by atoms with Crippen LogP contribution in [0.1, 0.15) is 29.0 Å². The average molecular weight is 448 g/mol. The summed E-state index contributed by atoms with van der Waals surface area (Å²) in [6.45, 7) is 0.350. The molecule has 1 aliphatic rings. The monoisotopic (exact) mass is 448 g/mol. The summed E-state index contributed by atoms with van der Waals surface area (Å²) in [5.41, 5.74) is 5.22. The van der Waals surface area contributed by atoms with E-state index in [0.29, 0.717) is 6.42 Å². The molecule has 0 fully saturated rings. The maximum Gasteiger partial charge on any atom is 0.407 e. The van der Waals surface area contributed by atoms with Gasteiger partial charge in [-0.3, -0.25) is 14.7 Å². The maximum atomic E-state index is 12.5. The topological polar surface area (TPSA) is 133 Å². The van der Waals surface area contributed by atoms with E-state index in [4.69, 9.17) is 9.84 Å². The first-order valence-corrected chi connectivity index (χ1v) is 10.6. The molecule has 0 saturated heterocycles. The Labute approximate surface area is 190 Å². The van der Waals surface area contributed by atoms with Gasteiger partial charge in [0.1, 0.15) is 12.6 Å². The van der Waals surface area contributed by atoms with E-state index in [1.807, 2.05) is 48.5 Å². The van der Waals surface area contributed by atoms with Crippen molar-refractivity contribution >= 4 is 18.0 Å². The molecule has 1 heterocycles. The molecule has 9 heteroatoms. The number of nitrogens with zero attached hydrogens (tertiary/aromatic N) is 1. The molecule has 0 bridgehead atoms. The molecule has 1 atom stereocenters. The summed E-state index contributed by atoms with van der Waals surface area (Å²) < 4.78 is 5.43. The van der Waals surface area contributed by atoms with Gasteiger partial charge in [0.15, 0.2) is 0 Å². The smallest absolute Gasteiger partial charge is 0.407 e. The highest BCUT2D eigenvalue weighted by atomic mass is 16.5. The van der Waals surface area contributed by atoms with Gasteiger partial charge in [0.2, 0.25) is 5.91 Å². The van der Waals surface area contributed by atoms with Crippen molar-refractivity contribution in [3.63, 3.8) is 0 Å². The van der Waals surface area contributed by atoms with E-state index in [1.54, 1.807) is 12.4 Å². The number of ether oxygens (including phenoxy) is 1. The van der Waals surface area contributed by atoms with E-state index >= 15 is 0 Å². The molecule has 1 aromatic heterocycles. The Balaban J connectivity index is 1.35. The minimum Gasteiger partial charge on any atom is -0.481 e. The van der Waals surface area contributed by atoms with Crippen molar-refractivity contribution in [3.8, 4) is 11.1 Å². The summed E-state index contributed by atoms with van der Waals surface area (Å²) in [6, 6.07) is 14.6. The number of aromatic nitrogens is 2. The van der Waals surface area contributed by atoms with Gasteiger partial charge in [-0.05, 0) is 34.2 Å². The summed E-state index contributed by atoms with van der Waals surface area (Å²) >= 11 is 0. The number of carbonyl (C=O) groups is 3. The summed E-state index contributed by atoms with van der Waals surface area (Å²) in [6.07, 6.45) is 2.47. The predicted octanol–water partition coefficient (Wildman–Crippen LogP) is 2.45. The van der Waals surface area contributed by atoms with Gasteiger partial charge in [0, 0.05) is 18.7 Å². The molecular formula is C24H24N4O5. The second-order valence-electron chi connectivity index (χ2n) is 7.77. The lowest BCUT2D eigenvalue weighted by Crippen LogP contribution is -2.48. The number of amides is 2. The first-order chi connectivity index (χ1) is 16.0. The molecule has 2 aromatic carbocycles. The van der Waals surface area contributed by atoms with Crippen LogP contribution in [0.2, 0.25) is 0 Å². The fraction of sp³-hybridized carbons (Fsp3) is 0.250. The van der Waals surface area contributed by atoms with Crippen LogP contribution in [0, 0.1) is 0 Å². The summed E-state index contributed by atoms with van der Waals surface area (Å²) in [5.74, 6) is -1.93. The third-order valence-corrected chi connectivity index (χ3v) is 5.60. The van der Waals surface area contributed by atoms with Crippen molar-refractivity contribution in [2.45, 2.75) is 24.8 Å². The summed E-state index contributed by atoms with van der Waals surface area (Å²) in [5, 5.41) is 20.7. The Bertz CT molecular complexity index is 1100. The number of H-pyrrole nitrogens is 1. The van der Waals surface area contributed by atoms with Gasteiger partial charge in [-0.25, -0.2) is 4.79 Å². The highest BCUT2D eigenvalue weighted by Gasteiger charge is 2.30. The standard InChI is InChI=1S/C24H24N4O5/c29-22(30)11-21(23(31)25-10-9-15-12-26-27-13-15)28-24(32)33-14-20-18-7-3-1-5-16(18)17-6-2-4-8-19(17)20/h1-8,12-13,20-21H,9-11,14H2,(H,25,31)(H,26,27)(H,28,32)(H,29,30). The van der Waals surface area contributed by atoms with Crippen LogP contribution in [0.3, 0.4) is 0 Å². The molecule has 0 spiro atoms. The third-order valence-electron chi connectivity index (χ3n) is 5.60. The molecule has 33 heavy (non-hydrogen) atoms. The lowest BCUT2D eigenvalue weighted by molar-refractivity contribution is -0.139. The van der Waals surface area contributed by atoms with Crippen molar-refractivity contribution in [1.29, 1.82) is 0 Å². The van der Waals surface area contributed by atoms with Gasteiger partial charge in [-0.1, -0.05) is 48.5 Å². The molecule has 4 rings (SSSR count). The zero-order chi connectivity index (χ0) is 23.2. The summed E-state index contributed by atoms with van der Waals surface area (Å²) in [4.78, 5) is 36.1. The molecular weight excluding hydrogens is 424 g/mol. The highest BCUT2D eigenvalue weighted by molar-refractivity contribution is 5.89. The molecule has 4 N–H and O–H groups in total.